The third-order valence-electron chi connectivity index (χ3n) is 5.54. The third kappa shape index (κ3) is 5.00. The number of benzene rings is 1. The van der Waals surface area contributed by atoms with Crippen LogP contribution < -0.4 is 16.0 Å². The number of hydrogen-bond acceptors (Lipinski definition) is 5. The highest BCUT2D eigenvalue weighted by molar-refractivity contribution is 6.04. The van der Waals surface area contributed by atoms with E-state index in [0.29, 0.717) is 16.9 Å². The summed E-state index contributed by atoms with van der Waals surface area (Å²) in [5.74, 6) is -0.428. The van der Waals surface area contributed by atoms with Gasteiger partial charge in [0, 0.05) is 16.8 Å². The van der Waals surface area contributed by atoms with Crippen LogP contribution in [0.25, 0.3) is 0 Å². The number of piperidine rings is 1. The van der Waals surface area contributed by atoms with Gasteiger partial charge in [0.1, 0.15) is 0 Å². The lowest BCUT2D eigenvalue weighted by Crippen LogP contribution is -2.42. The van der Waals surface area contributed by atoms with Gasteiger partial charge in [-0.25, -0.2) is 4.68 Å². The Morgan fingerprint density at radius 2 is 1.83 bits per heavy atom. The highest BCUT2D eigenvalue weighted by atomic mass is 16.2. The van der Waals surface area contributed by atoms with E-state index in [9.17, 15) is 9.59 Å². The van der Waals surface area contributed by atoms with Gasteiger partial charge < -0.3 is 16.0 Å². The van der Waals surface area contributed by atoms with Gasteiger partial charge in [-0.05, 0) is 77.4 Å². The van der Waals surface area contributed by atoms with Gasteiger partial charge in [0.15, 0.2) is 5.69 Å². The minimum absolute atomic E-state index is 0.129. The quantitative estimate of drug-likeness (QED) is 0.694. The van der Waals surface area contributed by atoms with Crippen molar-refractivity contribution in [2.24, 2.45) is 0 Å². The van der Waals surface area contributed by atoms with Crippen LogP contribution in [0.4, 0.5) is 5.69 Å². The molecule has 1 fully saturated rings. The van der Waals surface area contributed by atoms with E-state index in [-0.39, 0.29) is 23.4 Å². The van der Waals surface area contributed by atoms with Crippen molar-refractivity contribution in [1.82, 2.24) is 25.6 Å². The van der Waals surface area contributed by atoms with Crippen LogP contribution in [-0.4, -0.2) is 45.4 Å². The van der Waals surface area contributed by atoms with Gasteiger partial charge in [0.2, 0.25) is 0 Å². The molecule has 1 aromatic heterocycles. The van der Waals surface area contributed by atoms with Crippen molar-refractivity contribution in [3.8, 4) is 0 Å². The second kappa shape index (κ2) is 8.73. The standard InChI is InChI=1S/C21H30N6O2/c1-5-21(3,4)24-19(28)15-6-8-16(9-7-15)23-20(29)18-14(2)27(26-25-18)17-10-12-22-13-11-17/h6-9,17,22H,5,10-13H2,1-4H3,(H,23,29)(H,24,28). The van der Waals surface area contributed by atoms with Crippen LogP contribution in [0.2, 0.25) is 0 Å². The normalized spacial score (nSPS) is 15.2. The Balaban J connectivity index is 1.65. The van der Waals surface area contributed by atoms with Crippen molar-refractivity contribution >= 4 is 17.5 Å². The average Bonchev–Trinajstić information content (AvgIpc) is 3.10. The molecule has 3 rings (SSSR count). The van der Waals surface area contributed by atoms with Crippen LogP contribution in [0, 0.1) is 6.92 Å². The smallest absolute Gasteiger partial charge is 0.278 e. The van der Waals surface area contributed by atoms with E-state index in [1.165, 1.54) is 0 Å². The molecule has 29 heavy (non-hydrogen) atoms. The van der Waals surface area contributed by atoms with E-state index in [2.05, 4.69) is 26.3 Å². The first kappa shape index (κ1) is 21.0. The molecule has 2 heterocycles. The average molecular weight is 399 g/mol. The molecule has 0 aliphatic carbocycles. The van der Waals surface area contributed by atoms with Crippen molar-refractivity contribution < 1.29 is 9.59 Å². The lowest BCUT2D eigenvalue weighted by atomic mass is 10.0. The maximum Gasteiger partial charge on any atom is 0.278 e. The molecule has 156 valence electrons. The maximum absolute atomic E-state index is 12.7. The number of aromatic nitrogens is 3. The van der Waals surface area contributed by atoms with E-state index in [1.54, 1.807) is 24.3 Å². The number of carbonyl (C=O) groups is 2. The first-order chi connectivity index (χ1) is 13.8. The zero-order valence-corrected chi connectivity index (χ0v) is 17.6. The van der Waals surface area contributed by atoms with Crippen molar-refractivity contribution in [2.45, 2.75) is 58.5 Å². The molecular weight excluding hydrogens is 368 g/mol. The molecule has 1 saturated heterocycles. The Kier molecular flexibility index (Phi) is 6.32. The van der Waals surface area contributed by atoms with Gasteiger partial charge in [0.05, 0.1) is 11.7 Å². The number of nitrogens with zero attached hydrogens (tertiary/aromatic N) is 3. The number of rotatable bonds is 6. The summed E-state index contributed by atoms with van der Waals surface area (Å²) in [6.45, 7) is 9.77. The fourth-order valence-electron chi connectivity index (χ4n) is 3.31. The minimum Gasteiger partial charge on any atom is -0.347 e. The summed E-state index contributed by atoms with van der Waals surface area (Å²) in [7, 11) is 0. The lowest BCUT2D eigenvalue weighted by molar-refractivity contribution is 0.0910. The van der Waals surface area contributed by atoms with Crippen LogP contribution in [0.1, 0.15) is 72.6 Å². The van der Waals surface area contributed by atoms with E-state index in [4.69, 9.17) is 0 Å². The first-order valence-electron chi connectivity index (χ1n) is 10.2. The van der Waals surface area contributed by atoms with Crippen molar-refractivity contribution in [3.05, 3.63) is 41.2 Å². The van der Waals surface area contributed by atoms with Crippen LogP contribution in [0.3, 0.4) is 0 Å². The Morgan fingerprint density at radius 3 is 2.45 bits per heavy atom. The Hall–Kier alpha value is -2.74. The van der Waals surface area contributed by atoms with Crippen molar-refractivity contribution in [1.29, 1.82) is 0 Å². The fourth-order valence-corrected chi connectivity index (χ4v) is 3.31. The van der Waals surface area contributed by atoms with E-state index in [1.807, 2.05) is 32.4 Å². The van der Waals surface area contributed by atoms with Gasteiger partial charge in [-0.1, -0.05) is 12.1 Å². The molecule has 0 radical (unpaired) electrons. The van der Waals surface area contributed by atoms with Crippen molar-refractivity contribution in [2.75, 3.05) is 18.4 Å². The molecule has 0 bridgehead atoms. The summed E-state index contributed by atoms with van der Waals surface area (Å²) in [6, 6.07) is 7.12. The third-order valence-corrected chi connectivity index (χ3v) is 5.54. The van der Waals surface area contributed by atoms with Gasteiger partial charge in [0.25, 0.3) is 11.8 Å². The molecular formula is C21H30N6O2. The second-order valence-corrected chi connectivity index (χ2v) is 8.17. The van der Waals surface area contributed by atoms with Gasteiger partial charge in [-0.15, -0.1) is 5.10 Å². The molecule has 8 nitrogen and oxygen atoms in total. The number of amides is 2. The lowest BCUT2D eigenvalue weighted by Gasteiger charge is -2.24. The molecule has 8 heteroatoms. The van der Waals surface area contributed by atoms with Crippen LogP contribution in [0.15, 0.2) is 24.3 Å². The Labute approximate surface area is 171 Å². The van der Waals surface area contributed by atoms with E-state index in [0.717, 1.165) is 38.0 Å². The monoisotopic (exact) mass is 398 g/mol. The molecule has 1 aliphatic heterocycles. The SMILES string of the molecule is CCC(C)(C)NC(=O)c1ccc(NC(=O)c2nnn(C3CCNCC3)c2C)cc1. The van der Waals surface area contributed by atoms with E-state index >= 15 is 0 Å². The maximum atomic E-state index is 12.7. The summed E-state index contributed by atoms with van der Waals surface area (Å²) in [5, 5.41) is 17.5. The number of nitrogens with one attached hydrogen (secondary N) is 3. The second-order valence-electron chi connectivity index (χ2n) is 8.17. The topological polar surface area (TPSA) is 101 Å². The van der Waals surface area contributed by atoms with Gasteiger partial charge in [-0.2, -0.15) is 0 Å². The number of carbonyl (C=O) groups excluding carboxylic acids is 2. The van der Waals surface area contributed by atoms with Gasteiger partial charge >= 0.3 is 0 Å². The first-order valence-corrected chi connectivity index (χ1v) is 10.2. The molecule has 1 aliphatic rings. The predicted octanol–water partition coefficient (Wildman–Crippen LogP) is 2.68. The minimum atomic E-state index is -0.299. The summed E-state index contributed by atoms with van der Waals surface area (Å²) < 4.78 is 1.86. The Bertz CT molecular complexity index is 866. The number of hydrogen-bond donors (Lipinski definition) is 3. The molecule has 1 aromatic carbocycles. The molecule has 2 amide bonds. The summed E-state index contributed by atoms with van der Waals surface area (Å²) in [4.78, 5) is 25.0. The molecule has 0 atom stereocenters. The van der Waals surface area contributed by atoms with Crippen molar-refractivity contribution in [3.63, 3.8) is 0 Å². The Morgan fingerprint density at radius 1 is 1.17 bits per heavy atom. The van der Waals surface area contributed by atoms with Crippen LogP contribution in [-0.2, 0) is 0 Å². The summed E-state index contributed by atoms with van der Waals surface area (Å²) in [5.41, 5.74) is 2.00. The summed E-state index contributed by atoms with van der Waals surface area (Å²) in [6.07, 6.45) is 2.79. The predicted molar refractivity (Wildman–Crippen MR) is 112 cm³/mol. The highest BCUT2D eigenvalue weighted by Gasteiger charge is 2.23. The largest absolute Gasteiger partial charge is 0.347 e. The molecule has 0 spiro atoms. The highest BCUT2D eigenvalue weighted by Crippen LogP contribution is 2.21. The molecule has 0 unspecified atom stereocenters. The molecule has 3 N–H and O–H groups in total. The fraction of sp³-hybridized carbons (Fsp3) is 0.524. The van der Waals surface area contributed by atoms with Crippen LogP contribution in [0.5, 0.6) is 0 Å². The molecule has 2 aromatic rings. The molecule has 0 saturated carbocycles. The number of anilines is 1. The summed E-state index contributed by atoms with van der Waals surface area (Å²) >= 11 is 0. The van der Waals surface area contributed by atoms with E-state index < -0.39 is 0 Å². The zero-order valence-electron chi connectivity index (χ0n) is 17.6. The zero-order chi connectivity index (χ0) is 21.0. The van der Waals surface area contributed by atoms with Crippen LogP contribution >= 0.6 is 0 Å². The van der Waals surface area contributed by atoms with Gasteiger partial charge in [-0.3, -0.25) is 9.59 Å².